The quantitative estimate of drug-likeness (QED) is 0.607. The molecule has 3 unspecified atom stereocenters. The second-order valence-electron chi connectivity index (χ2n) is 4.58. The zero-order valence-electron chi connectivity index (χ0n) is 10.0. The molecule has 0 amide bonds. The molecule has 1 rings (SSSR count). The van der Waals surface area contributed by atoms with Gasteiger partial charge in [0.05, 0.1) is 12.6 Å². The van der Waals surface area contributed by atoms with Crippen LogP contribution in [0.1, 0.15) is 20.3 Å². The molecule has 5 nitrogen and oxygen atoms in total. The van der Waals surface area contributed by atoms with Gasteiger partial charge in [0.25, 0.3) is 0 Å². The summed E-state index contributed by atoms with van der Waals surface area (Å²) in [5, 5.41) is 21.7. The largest absolute Gasteiger partial charge is 0.480 e. The highest BCUT2D eigenvalue weighted by Crippen LogP contribution is 2.20. The minimum absolute atomic E-state index is 0.0606. The first-order valence-corrected chi connectivity index (χ1v) is 5.88. The van der Waals surface area contributed by atoms with Crippen LogP contribution in [0, 0.1) is 5.92 Å². The molecule has 0 spiro atoms. The lowest BCUT2D eigenvalue weighted by molar-refractivity contribution is -0.139. The van der Waals surface area contributed by atoms with E-state index in [0.717, 1.165) is 19.5 Å². The van der Waals surface area contributed by atoms with E-state index in [4.69, 9.17) is 5.11 Å². The number of aliphatic hydroxyl groups is 1. The summed E-state index contributed by atoms with van der Waals surface area (Å²) in [6, 6.07) is 0.290. The summed E-state index contributed by atoms with van der Waals surface area (Å²) in [6.45, 7) is 6.17. The number of piperidine rings is 1. The van der Waals surface area contributed by atoms with Gasteiger partial charge in [-0.25, -0.2) is 0 Å². The third-order valence-electron chi connectivity index (χ3n) is 3.09. The Morgan fingerprint density at radius 1 is 1.56 bits per heavy atom. The molecule has 0 aromatic rings. The fourth-order valence-corrected chi connectivity index (χ4v) is 2.34. The summed E-state index contributed by atoms with van der Waals surface area (Å²) >= 11 is 0. The Morgan fingerprint density at radius 2 is 2.25 bits per heavy atom. The van der Waals surface area contributed by atoms with Gasteiger partial charge in [0.15, 0.2) is 0 Å². The van der Waals surface area contributed by atoms with Crippen molar-refractivity contribution in [3.05, 3.63) is 0 Å². The van der Waals surface area contributed by atoms with E-state index in [9.17, 15) is 9.90 Å². The zero-order chi connectivity index (χ0) is 12.1. The normalized spacial score (nSPS) is 28.9. The highest BCUT2D eigenvalue weighted by Gasteiger charge is 2.30. The number of likely N-dealkylation sites (N-methyl/N-ethyl adjacent to an activating group) is 1. The molecule has 3 N–H and O–H groups in total. The highest BCUT2D eigenvalue weighted by molar-refractivity contribution is 5.69. The molecule has 0 bridgehead atoms. The second kappa shape index (κ2) is 6.18. The van der Waals surface area contributed by atoms with Crippen molar-refractivity contribution in [3.8, 4) is 0 Å². The molecule has 1 heterocycles. The lowest BCUT2D eigenvalue weighted by Crippen LogP contribution is -2.52. The molecule has 1 aliphatic rings. The van der Waals surface area contributed by atoms with Crippen LogP contribution in [0.25, 0.3) is 0 Å². The molecule has 16 heavy (non-hydrogen) atoms. The minimum atomic E-state index is -0.804. The van der Waals surface area contributed by atoms with Gasteiger partial charge in [-0.3, -0.25) is 9.69 Å². The summed E-state index contributed by atoms with van der Waals surface area (Å²) in [4.78, 5) is 12.6. The SMILES string of the molecule is CCNC1CC(C(C)O)CN(CC(=O)O)C1. The molecule has 94 valence electrons. The molecule has 0 saturated carbocycles. The van der Waals surface area contributed by atoms with Crippen molar-refractivity contribution in [2.24, 2.45) is 5.92 Å². The molecular formula is C11H22N2O3. The van der Waals surface area contributed by atoms with Gasteiger partial charge < -0.3 is 15.5 Å². The average Bonchev–Trinajstić information content (AvgIpc) is 2.16. The van der Waals surface area contributed by atoms with Gasteiger partial charge in [0.2, 0.25) is 0 Å². The maximum Gasteiger partial charge on any atom is 0.317 e. The zero-order valence-corrected chi connectivity index (χ0v) is 10.0. The fraction of sp³-hybridized carbons (Fsp3) is 0.909. The summed E-state index contributed by atoms with van der Waals surface area (Å²) in [5.74, 6) is -0.640. The van der Waals surface area contributed by atoms with Crippen molar-refractivity contribution in [2.75, 3.05) is 26.2 Å². The van der Waals surface area contributed by atoms with Gasteiger partial charge in [-0.15, -0.1) is 0 Å². The van der Waals surface area contributed by atoms with E-state index in [-0.39, 0.29) is 24.6 Å². The predicted octanol–water partition coefficient (Wildman–Crippen LogP) is -0.248. The Hall–Kier alpha value is -0.650. The molecule has 3 atom stereocenters. The van der Waals surface area contributed by atoms with Crippen LogP contribution in [0.3, 0.4) is 0 Å². The number of carboxylic acid groups (broad SMARTS) is 1. The van der Waals surface area contributed by atoms with E-state index in [0.29, 0.717) is 6.54 Å². The van der Waals surface area contributed by atoms with Crippen LogP contribution in [0.5, 0.6) is 0 Å². The number of nitrogens with zero attached hydrogens (tertiary/aromatic N) is 1. The van der Waals surface area contributed by atoms with Gasteiger partial charge in [0, 0.05) is 19.1 Å². The number of hydrogen-bond donors (Lipinski definition) is 3. The van der Waals surface area contributed by atoms with E-state index in [2.05, 4.69) is 5.32 Å². The average molecular weight is 230 g/mol. The molecule has 0 radical (unpaired) electrons. The first kappa shape index (κ1) is 13.4. The van der Waals surface area contributed by atoms with Gasteiger partial charge in [-0.1, -0.05) is 6.92 Å². The molecule has 1 saturated heterocycles. The van der Waals surface area contributed by atoms with Crippen molar-refractivity contribution in [1.29, 1.82) is 0 Å². The number of rotatable bonds is 5. The van der Waals surface area contributed by atoms with Crippen molar-refractivity contribution in [3.63, 3.8) is 0 Å². The van der Waals surface area contributed by atoms with E-state index in [1.807, 2.05) is 11.8 Å². The summed E-state index contributed by atoms with van der Waals surface area (Å²) < 4.78 is 0. The molecule has 0 aromatic heterocycles. The number of carbonyl (C=O) groups is 1. The van der Waals surface area contributed by atoms with Gasteiger partial charge in [-0.05, 0) is 25.8 Å². The number of hydrogen-bond acceptors (Lipinski definition) is 4. The molecule has 0 aliphatic carbocycles. The van der Waals surface area contributed by atoms with E-state index in [1.165, 1.54) is 0 Å². The first-order valence-electron chi connectivity index (χ1n) is 5.88. The Bertz CT molecular complexity index is 233. The fourth-order valence-electron chi connectivity index (χ4n) is 2.34. The smallest absolute Gasteiger partial charge is 0.317 e. The van der Waals surface area contributed by atoms with Crippen LogP contribution in [-0.2, 0) is 4.79 Å². The Balaban J connectivity index is 2.55. The van der Waals surface area contributed by atoms with Crippen molar-refractivity contribution in [1.82, 2.24) is 10.2 Å². The first-order chi connectivity index (χ1) is 7.52. The van der Waals surface area contributed by atoms with Gasteiger partial charge in [0.1, 0.15) is 0 Å². The molecule has 5 heteroatoms. The molecular weight excluding hydrogens is 208 g/mol. The predicted molar refractivity (Wildman–Crippen MR) is 61.3 cm³/mol. The number of likely N-dealkylation sites (tertiary alicyclic amines) is 1. The number of aliphatic hydroxyl groups excluding tert-OH is 1. The van der Waals surface area contributed by atoms with E-state index < -0.39 is 5.97 Å². The van der Waals surface area contributed by atoms with Crippen LogP contribution in [-0.4, -0.2) is 59.4 Å². The molecule has 1 fully saturated rings. The van der Waals surface area contributed by atoms with Crippen molar-refractivity contribution >= 4 is 5.97 Å². The van der Waals surface area contributed by atoms with E-state index >= 15 is 0 Å². The Morgan fingerprint density at radius 3 is 2.75 bits per heavy atom. The Kier molecular flexibility index (Phi) is 5.18. The van der Waals surface area contributed by atoms with Gasteiger partial charge in [-0.2, -0.15) is 0 Å². The number of nitrogens with one attached hydrogen (secondary N) is 1. The standard InChI is InChI=1S/C11H22N2O3/c1-3-12-10-4-9(8(2)14)5-13(6-10)7-11(15)16/h8-10,12,14H,3-7H2,1-2H3,(H,15,16). The lowest BCUT2D eigenvalue weighted by Gasteiger charge is -2.38. The third kappa shape index (κ3) is 4.08. The highest BCUT2D eigenvalue weighted by atomic mass is 16.4. The number of aliphatic carboxylic acids is 1. The minimum Gasteiger partial charge on any atom is -0.480 e. The van der Waals surface area contributed by atoms with Crippen LogP contribution in [0.2, 0.25) is 0 Å². The van der Waals surface area contributed by atoms with Crippen LogP contribution in [0.15, 0.2) is 0 Å². The van der Waals surface area contributed by atoms with Crippen LogP contribution in [0.4, 0.5) is 0 Å². The molecule has 1 aliphatic heterocycles. The monoisotopic (exact) mass is 230 g/mol. The topological polar surface area (TPSA) is 72.8 Å². The maximum atomic E-state index is 10.7. The van der Waals surface area contributed by atoms with Crippen LogP contribution >= 0.6 is 0 Å². The van der Waals surface area contributed by atoms with Gasteiger partial charge >= 0.3 is 5.97 Å². The third-order valence-corrected chi connectivity index (χ3v) is 3.09. The Labute approximate surface area is 96.4 Å². The van der Waals surface area contributed by atoms with Crippen molar-refractivity contribution in [2.45, 2.75) is 32.4 Å². The lowest BCUT2D eigenvalue weighted by atomic mass is 9.90. The second-order valence-corrected chi connectivity index (χ2v) is 4.58. The van der Waals surface area contributed by atoms with Crippen molar-refractivity contribution < 1.29 is 15.0 Å². The number of carboxylic acids is 1. The maximum absolute atomic E-state index is 10.7. The summed E-state index contributed by atoms with van der Waals surface area (Å²) in [7, 11) is 0. The summed E-state index contributed by atoms with van der Waals surface area (Å²) in [5.41, 5.74) is 0. The summed E-state index contributed by atoms with van der Waals surface area (Å²) in [6.07, 6.45) is 0.541. The van der Waals surface area contributed by atoms with E-state index in [1.54, 1.807) is 6.92 Å². The molecule has 0 aromatic carbocycles. The van der Waals surface area contributed by atoms with Crippen LogP contribution < -0.4 is 5.32 Å².